The van der Waals surface area contributed by atoms with Crippen LogP contribution in [0.5, 0.6) is 17.2 Å². The fraction of sp³-hybridized carbons (Fsp3) is 0.167. The van der Waals surface area contributed by atoms with Crippen molar-refractivity contribution in [1.82, 2.24) is 4.98 Å². The van der Waals surface area contributed by atoms with Gasteiger partial charge in [-0.25, -0.2) is 4.98 Å². The van der Waals surface area contributed by atoms with Gasteiger partial charge in [-0.2, -0.15) is 0 Å². The quantitative estimate of drug-likeness (QED) is 0.672. The van der Waals surface area contributed by atoms with Crippen LogP contribution in [0.15, 0.2) is 34.7 Å². The van der Waals surface area contributed by atoms with Gasteiger partial charge in [0.25, 0.3) is 0 Å². The lowest BCUT2D eigenvalue weighted by atomic mass is 10.1. The Bertz CT molecular complexity index is 901. The Balaban J connectivity index is 1.97. The third-order valence-electron chi connectivity index (χ3n) is 3.51. The summed E-state index contributed by atoms with van der Waals surface area (Å²) >= 11 is 5.96. The molecule has 0 radical (unpaired) electrons. The summed E-state index contributed by atoms with van der Waals surface area (Å²) in [5.41, 5.74) is 2.20. The molecule has 3 aromatic rings. The third kappa shape index (κ3) is 3.16. The summed E-state index contributed by atoms with van der Waals surface area (Å²) in [4.78, 5) is 4.39. The van der Waals surface area contributed by atoms with Crippen LogP contribution in [0.3, 0.4) is 0 Å². The van der Waals surface area contributed by atoms with Gasteiger partial charge in [0.1, 0.15) is 11.3 Å². The van der Waals surface area contributed by atoms with Crippen molar-refractivity contribution >= 4 is 34.9 Å². The molecule has 24 heavy (non-hydrogen) atoms. The van der Waals surface area contributed by atoms with E-state index in [9.17, 15) is 0 Å². The number of halogens is 1. The fourth-order valence-corrected chi connectivity index (χ4v) is 2.50. The topological polar surface area (TPSA) is 53.7 Å². The summed E-state index contributed by atoms with van der Waals surface area (Å²) in [5, 5.41) is 0.618. The van der Waals surface area contributed by atoms with Gasteiger partial charge in [0, 0.05) is 22.7 Å². The van der Waals surface area contributed by atoms with Gasteiger partial charge >= 0.3 is 0 Å². The first-order chi connectivity index (χ1) is 11.6. The Labute approximate surface area is 144 Å². The minimum atomic E-state index is 0.476. The molecule has 0 bridgehead atoms. The van der Waals surface area contributed by atoms with E-state index in [2.05, 4.69) is 4.98 Å². The van der Waals surface area contributed by atoms with Crippen LogP contribution in [-0.4, -0.2) is 26.3 Å². The maximum atomic E-state index is 5.96. The van der Waals surface area contributed by atoms with E-state index in [-0.39, 0.29) is 0 Å². The number of methoxy groups -OCH3 is 3. The first-order valence-electron chi connectivity index (χ1n) is 7.18. The average Bonchev–Trinajstić information content (AvgIpc) is 3.00. The van der Waals surface area contributed by atoms with Crippen molar-refractivity contribution in [3.05, 3.63) is 46.8 Å². The second-order valence-corrected chi connectivity index (χ2v) is 5.38. The summed E-state index contributed by atoms with van der Waals surface area (Å²) in [6.45, 7) is 0. The monoisotopic (exact) mass is 345 g/mol. The molecule has 0 fully saturated rings. The summed E-state index contributed by atoms with van der Waals surface area (Å²) < 4.78 is 21.7. The highest BCUT2D eigenvalue weighted by molar-refractivity contribution is 6.31. The standard InChI is InChI=1S/C18H16ClNO4/c1-21-15-10-17(23-3)16(22-2)8-11(15)4-7-18-20-13-9-12(19)5-6-14(13)24-18/h4-10H,1-3H3/b7-4+. The van der Waals surface area contributed by atoms with Gasteiger partial charge in [-0.3, -0.25) is 0 Å². The van der Waals surface area contributed by atoms with Gasteiger partial charge < -0.3 is 18.6 Å². The van der Waals surface area contributed by atoms with E-state index < -0.39 is 0 Å². The molecule has 2 aromatic carbocycles. The Morgan fingerprint density at radius 3 is 2.33 bits per heavy atom. The molecule has 1 aromatic heterocycles. The van der Waals surface area contributed by atoms with Crippen molar-refractivity contribution in [1.29, 1.82) is 0 Å². The molecule has 0 unspecified atom stereocenters. The Kier molecular flexibility index (Phi) is 4.62. The Morgan fingerprint density at radius 2 is 1.62 bits per heavy atom. The molecule has 0 aliphatic rings. The van der Waals surface area contributed by atoms with Gasteiger partial charge in [0.05, 0.1) is 21.3 Å². The molecule has 0 saturated heterocycles. The molecule has 0 saturated carbocycles. The highest BCUT2D eigenvalue weighted by Crippen LogP contribution is 2.35. The fourth-order valence-electron chi connectivity index (χ4n) is 2.33. The number of aromatic nitrogens is 1. The maximum absolute atomic E-state index is 5.96. The molecule has 0 aliphatic carbocycles. The first kappa shape index (κ1) is 16.2. The predicted molar refractivity (Wildman–Crippen MR) is 94.0 cm³/mol. The summed E-state index contributed by atoms with van der Waals surface area (Å²) in [6, 6.07) is 8.91. The third-order valence-corrected chi connectivity index (χ3v) is 3.74. The van der Waals surface area contributed by atoms with E-state index >= 15 is 0 Å². The van der Waals surface area contributed by atoms with Crippen LogP contribution in [0.4, 0.5) is 0 Å². The lowest BCUT2D eigenvalue weighted by Crippen LogP contribution is -1.94. The molecule has 0 spiro atoms. The number of fused-ring (bicyclic) bond motifs is 1. The molecular formula is C18H16ClNO4. The molecule has 0 aliphatic heterocycles. The van der Waals surface area contributed by atoms with Crippen LogP contribution in [0.2, 0.25) is 5.02 Å². The van der Waals surface area contributed by atoms with Crippen molar-refractivity contribution in [3.63, 3.8) is 0 Å². The van der Waals surface area contributed by atoms with E-state index in [1.165, 1.54) is 0 Å². The second kappa shape index (κ2) is 6.84. The van der Waals surface area contributed by atoms with E-state index in [4.69, 9.17) is 30.2 Å². The van der Waals surface area contributed by atoms with E-state index in [1.54, 1.807) is 51.7 Å². The predicted octanol–water partition coefficient (Wildman–Crippen LogP) is 4.68. The number of rotatable bonds is 5. The van der Waals surface area contributed by atoms with E-state index in [1.807, 2.05) is 12.1 Å². The zero-order valence-electron chi connectivity index (χ0n) is 13.5. The molecular weight excluding hydrogens is 330 g/mol. The molecule has 0 amide bonds. The van der Waals surface area contributed by atoms with Crippen molar-refractivity contribution in [2.75, 3.05) is 21.3 Å². The van der Waals surface area contributed by atoms with Crippen LogP contribution in [0.1, 0.15) is 11.5 Å². The average molecular weight is 346 g/mol. The number of nitrogens with zero attached hydrogens (tertiary/aromatic N) is 1. The molecule has 3 rings (SSSR count). The molecule has 5 nitrogen and oxygen atoms in total. The van der Waals surface area contributed by atoms with Crippen LogP contribution < -0.4 is 14.2 Å². The smallest absolute Gasteiger partial charge is 0.220 e. The normalized spacial score (nSPS) is 11.2. The number of hydrogen-bond acceptors (Lipinski definition) is 5. The van der Waals surface area contributed by atoms with Crippen molar-refractivity contribution < 1.29 is 18.6 Å². The lowest BCUT2D eigenvalue weighted by Gasteiger charge is -2.11. The molecule has 0 N–H and O–H groups in total. The van der Waals surface area contributed by atoms with Crippen LogP contribution >= 0.6 is 11.6 Å². The van der Waals surface area contributed by atoms with Crippen LogP contribution in [0, 0.1) is 0 Å². The van der Waals surface area contributed by atoms with Crippen LogP contribution in [0.25, 0.3) is 23.3 Å². The van der Waals surface area contributed by atoms with Crippen molar-refractivity contribution in [2.24, 2.45) is 0 Å². The van der Waals surface area contributed by atoms with Crippen LogP contribution in [-0.2, 0) is 0 Å². The second-order valence-electron chi connectivity index (χ2n) is 4.95. The maximum Gasteiger partial charge on any atom is 0.220 e. The van der Waals surface area contributed by atoms with E-state index in [0.29, 0.717) is 39.3 Å². The lowest BCUT2D eigenvalue weighted by molar-refractivity contribution is 0.348. The number of oxazole rings is 1. The summed E-state index contributed by atoms with van der Waals surface area (Å²) in [6.07, 6.45) is 3.60. The number of hydrogen-bond donors (Lipinski definition) is 0. The minimum Gasteiger partial charge on any atom is -0.496 e. The zero-order valence-corrected chi connectivity index (χ0v) is 14.3. The van der Waals surface area contributed by atoms with E-state index in [0.717, 1.165) is 5.56 Å². The summed E-state index contributed by atoms with van der Waals surface area (Å²) in [7, 11) is 4.76. The Morgan fingerprint density at radius 1 is 0.917 bits per heavy atom. The minimum absolute atomic E-state index is 0.476. The number of ether oxygens (including phenoxy) is 3. The number of benzene rings is 2. The molecule has 0 atom stereocenters. The molecule has 6 heteroatoms. The van der Waals surface area contributed by atoms with Crippen molar-refractivity contribution in [2.45, 2.75) is 0 Å². The summed E-state index contributed by atoms with van der Waals surface area (Å²) in [5.74, 6) is 2.34. The highest BCUT2D eigenvalue weighted by Gasteiger charge is 2.10. The molecule has 124 valence electrons. The van der Waals surface area contributed by atoms with Gasteiger partial charge in [-0.1, -0.05) is 11.6 Å². The largest absolute Gasteiger partial charge is 0.496 e. The highest BCUT2D eigenvalue weighted by atomic mass is 35.5. The van der Waals surface area contributed by atoms with Gasteiger partial charge in [-0.05, 0) is 30.3 Å². The Hall–Kier alpha value is -2.66. The van der Waals surface area contributed by atoms with Crippen molar-refractivity contribution in [3.8, 4) is 17.2 Å². The van der Waals surface area contributed by atoms with Gasteiger partial charge in [0.15, 0.2) is 17.1 Å². The van der Waals surface area contributed by atoms with Gasteiger partial charge in [0.2, 0.25) is 5.89 Å². The SMILES string of the molecule is COc1cc(OC)c(OC)cc1/C=C/c1nc2cc(Cl)ccc2o1. The molecule has 1 heterocycles. The first-order valence-corrected chi connectivity index (χ1v) is 7.56. The zero-order chi connectivity index (χ0) is 17.1. The van der Waals surface area contributed by atoms with Gasteiger partial charge in [-0.15, -0.1) is 0 Å².